The predicted octanol–water partition coefficient (Wildman–Crippen LogP) is 1.38. The Hall–Kier alpha value is -3.33. The molecule has 0 radical (unpaired) electrons. The van der Waals surface area contributed by atoms with Gasteiger partial charge in [0, 0.05) is 12.8 Å². The summed E-state index contributed by atoms with van der Waals surface area (Å²) in [5, 5.41) is 16.6. The third-order valence-corrected chi connectivity index (χ3v) is 6.00. The highest BCUT2D eigenvalue weighted by Crippen LogP contribution is 2.08. The van der Waals surface area contributed by atoms with Crippen LogP contribution in [0.1, 0.15) is 30.4 Å². The average molecular weight is 501 g/mol. The molecule has 2 aromatic rings. The predicted molar refractivity (Wildman–Crippen MR) is 134 cm³/mol. The van der Waals surface area contributed by atoms with E-state index in [1.807, 2.05) is 36.8 Å². The second kappa shape index (κ2) is 14.8. The van der Waals surface area contributed by atoms with Crippen molar-refractivity contribution in [2.75, 3.05) is 18.3 Å². The fourth-order valence-electron chi connectivity index (χ4n) is 3.38. The molecule has 0 spiro atoms. The first-order valence-corrected chi connectivity index (χ1v) is 13.5. The van der Waals surface area contributed by atoms with E-state index >= 15 is 0 Å². The van der Waals surface area contributed by atoms with Crippen LogP contribution < -0.4 is 15.7 Å². The molecule has 188 valence electrons. The number of carboxylic acid groups (broad SMARTS) is 1. The molecule has 0 aliphatic heterocycles. The summed E-state index contributed by atoms with van der Waals surface area (Å²) < 4.78 is 5.23. The Kier molecular flexibility index (Phi) is 11.8. The standard InChI is InChI=1S/C26H32N2O6S/c1-35(2)18-21(29)14-9-15-22(25(31)32)27-24(30)23(16-19-10-5-3-6-11-19)28-26(33)34-17-20-12-7-4-8-13-20/h3-8,10-13,22-23H,9,14-18H2,1-2H3,(H2-,27,28,30,31,32,33). The van der Waals surface area contributed by atoms with E-state index in [4.69, 9.17) is 4.74 Å². The normalized spacial score (nSPS) is 12.4. The number of carbonyl (C=O) groups is 4. The van der Waals surface area contributed by atoms with Gasteiger partial charge < -0.3 is 25.3 Å². The van der Waals surface area contributed by atoms with E-state index in [0.717, 1.165) is 11.1 Å². The topological polar surface area (TPSA) is 125 Å². The van der Waals surface area contributed by atoms with Crippen molar-refractivity contribution < 1.29 is 29.0 Å². The van der Waals surface area contributed by atoms with Crippen LogP contribution in [0.3, 0.4) is 0 Å². The maximum atomic E-state index is 13.0. The Morgan fingerprint density at radius 1 is 0.886 bits per heavy atom. The number of ether oxygens (including phenoxy) is 1. The molecule has 8 nitrogen and oxygen atoms in total. The monoisotopic (exact) mass is 500 g/mol. The number of aliphatic carboxylic acids is 1. The van der Waals surface area contributed by atoms with Crippen LogP contribution in [0, 0.1) is 0 Å². The van der Waals surface area contributed by atoms with Gasteiger partial charge in [0.1, 0.15) is 12.6 Å². The number of hydrogen-bond donors (Lipinski definition) is 2. The Labute approximate surface area is 208 Å². The molecule has 0 aliphatic carbocycles. The minimum Gasteiger partial charge on any atom is -0.548 e. The first kappa shape index (κ1) is 27.9. The number of rotatable bonds is 14. The van der Waals surface area contributed by atoms with Crippen LogP contribution in [0.15, 0.2) is 60.7 Å². The Bertz CT molecular complexity index is 968. The molecule has 2 aromatic carbocycles. The van der Waals surface area contributed by atoms with Gasteiger partial charge in [0.15, 0.2) is 11.5 Å². The third-order valence-electron chi connectivity index (χ3n) is 5.10. The zero-order valence-corrected chi connectivity index (χ0v) is 20.8. The molecule has 2 amide bonds. The molecule has 2 atom stereocenters. The smallest absolute Gasteiger partial charge is 0.408 e. The van der Waals surface area contributed by atoms with E-state index in [9.17, 15) is 24.3 Å². The van der Waals surface area contributed by atoms with Crippen LogP contribution in [0.2, 0.25) is 0 Å². The zero-order chi connectivity index (χ0) is 25.6. The van der Waals surface area contributed by atoms with Gasteiger partial charge in [0.05, 0.1) is 24.5 Å². The summed E-state index contributed by atoms with van der Waals surface area (Å²) in [6, 6.07) is 15.8. The number of benzene rings is 2. The van der Waals surface area contributed by atoms with Gasteiger partial charge in [-0.1, -0.05) is 60.7 Å². The van der Waals surface area contributed by atoms with Crippen molar-refractivity contribution in [2.45, 2.75) is 44.4 Å². The maximum Gasteiger partial charge on any atom is 0.408 e. The third kappa shape index (κ3) is 11.1. The van der Waals surface area contributed by atoms with Crippen molar-refractivity contribution in [1.82, 2.24) is 10.6 Å². The first-order chi connectivity index (χ1) is 16.7. The quantitative estimate of drug-likeness (QED) is 0.378. The highest BCUT2D eigenvalue weighted by atomic mass is 32.2. The van der Waals surface area contributed by atoms with E-state index in [2.05, 4.69) is 10.6 Å². The largest absolute Gasteiger partial charge is 0.548 e. The highest BCUT2D eigenvalue weighted by Gasteiger charge is 2.25. The van der Waals surface area contributed by atoms with Gasteiger partial charge >= 0.3 is 6.09 Å². The lowest BCUT2D eigenvalue weighted by molar-refractivity contribution is -0.308. The van der Waals surface area contributed by atoms with Crippen molar-refractivity contribution in [3.05, 3.63) is 71.8 Å². The van der Waals surface area contributed by atoms with Crippen molar-refractivity contribution >= 4 is 34.6 Å². The van der Waals surface area contributed by atoms with Gasteiger partial charge in [-0.2, -0.15) is 0 Å². The number of amides is 2. The van der Waals surface area contributed by atoms with Gasteiger partial charge in [-0.05, 0) is 34.9 Å². The van der Waals surface area contributed by atoms with Crippen LogP contribution in [0.4, 0.5) is 4.79 Å². The molecule has 0 heterocycles. The summed E-state index contributed by atoms with van der Waals surface area (Å²) in [4.78, 5) is 48.9. The number of nitrogens with one attached hydrogen (secondary N) is 2. The van der Waals surface area contributed by atoms with E-state index in [1.54, 1.807) is 36.4 Å². The van der Waals surface area contributed by atoms with Gasteiger partial charge in [0.2, 0.25) is 5.91 Å². The van der Waals surface area contributed by atoms with Gasteiger partial charge in [0.25, 0.3) is 0 Å². The van der Waals surface area contributed by atoms with Gasteiger partial charge in [-0.25, -0.2) is 4.79 Å². The molecule has 0 saturated carbocycles. The fourth-order valence-corrected chi connectivity index (χ4v) is 4.17. The fraction of sp³-hybridized carbons (Fsp3) is 0.385. The molecule has 0 fully saturated rings. The highest BCUT2D eigenvalue weighted by molar-refractivity contribution is 7.96. The van der Waals surface area contributed by atoms with Gasteiger partial charge in [-0.15, -0.1) is 0 Å². The summed E-state index contributed by atoms with van der Waals surface area (Å²) in [7, 11) is -0.0236. The minimum absolute atomic E-state index is 0.0236. The molecular formula is C26H32N2O6S. The maximum absolute atomic E-state index is 13.0. The molecular weight excluding hydrogens is 468 g/mol. The van der Waals surface area contributed by atoms with Crippen LogP contribution >= 0.6 is 0 Å². The van der Waals surface area contributed by atoms with E-state index in [-0.39, 0.29) is 42.5 Å². The minimum atomic E-state index is -1.44. The van der Waals surface area contributed by atoms with Crippen molar-refractivity contribution in [1.29, 1.82) is 0 Å². The average Bonchev–Trinajstić information content (AvgIpc) is 2.82. The zero-order valence-electron chi connectivity index (χ0n) is 20.0. The lowest BCUT2D eigenvalue weighted by Gasteiger charge is -2.24. The number of hydrogen-bond acceptors (Lipinski definition) is 6. The summed E-state index contributed by atoms with van der Waals surface area (Å²) >= 11 is 0. The molecule has 2 N–H and O–H groups in total. The molecule has 9 heteroatoms. The first-order valence-electron chi connectivity index (χ1n) is 11.3. The number of ketones is 1. The number of carboxylic acids is 1. The molecule has 2 rings (SSSR count). The lowest BCUT2D eigenvalue weighted by atomic mass is 10.0. The number of alkyl carbamates (subject to hydrolysis) is 1. The van der Waals surface area contributed by atoms with Crippen molar-refractivity contribution in [3.8, 4) is 0 Å². The molecule has 0 aromatic heterocycles. The SMILES string of the molecule is C[S+](C)CC(=O)CCCC(NC(=O)C(Cc1ccccc1)NC(=O)OCc1ccccc1)C(=O)[O-]. The Morgan fingerprint density at radius 2 is 1.49 bits per heavy atom. The Morgan fingerprint density at radius 3 is 2.06 bits per heavy atom. The van der Waals surface area contributed by atoms with Crippen LogP contribution in [-0.2, 0) is 43.0 Å². The van der Waals surface area contributed by atoms with Crippen LogP contribution in [0.5, 0.6) is 0 Å². The summed E-state index contributed by atoms with van der Waals surface area (Å²) in [6.07, 6.45) is 3.88. The van der Waals surface area contributed by atoms with E-state index in [1.165, 1.54) is 0 Å². The number of carbonyl (C=O) groups excluding carboxylic acids is 4. The second-order valence-corrected chi connectivity index (χ2v) is 10.6. The van der Waals surface area contributed by atoms with E-state index in [0.29, 0.717) is 12.2 Å². The van der Waals surface area contributed by atoms with E-state index < -0.39 is 30.1 Å². The van der Waals surface area contributed by atoms with Crippen molar-refractivity contribution in [3.63, 3.8) is 0 Å². The summed E-state index contributed by atoms with van der Waals surface area (Å²) in [5.41, 5.74) is 1.57. The molecule has 0 saturated heterocycles. The molecule has 2 unspecified atom stereocenters. The van der Waals surface area contributed by atoms with Gasteiger partial charge in [-0.3, -0.25) is 9.59 Å². The molecule has 35 heavy (non-hydrogen) atoms. The number of Topliss-reactive ketones (excluding diaryl/α,β-unsaturated/α-hetero) is 1. The summed E-state index contributed by atoms with van der Waals surface area (Å²) in [5.74, 6) is -1.60. The Balaban J connectivity index is 2.00. The lowest BCUT2D eigenvalue weighted by Crippen LogP contribution is -2.55. The molecule has 0 bridgehead atoms. The molecule has 0 aliphatic rings. The van der Waals surface area contributed by atoms with Crippen LogP contribution in [0.25, 0.3) is 0 Å². The second-order valence-electron chi connectivity index (χ2n) is 8.39. The summed E-state index contributed by atoms with van der Waals surface area (Å²) in [6.45, 7) is 0.0268. The van der Waals surface area contributed by atoms with Crippen molar-refractivity contribution in [2.24, 2.45) is 0 Å². The van der Waals surface area contributed by atoms with Crippen LogP contribution in [-0.4, -0.2) is 54.1 Å².